The minimum Gasteiger partial charge on any atom is -0.228 e. The molecule has 0 aliphatic carbocycles. The number of unbranched alkanes of at least 4 members (excludes halogenated alkanes) is 3. The topological polar surface area (TPSA) is 34.1 Å². The van der Waals surface area contributed by atoms with Crippen molar-refractivity contribution in [2.24, 2.45) is 0 Å². The zero-order valence-corrected chi connectivity index (χ0v) is 14.9. The van der Waals surface area contributed by atoms with Crippen molar-refractivity contribution in [2.45, 2.75) is 75.2 Å². The fourth-order valence-corrected chi connectivity index (χ4v) is 6.16. The highest BCUT2D eigenvalue weighted by molar-refractivity contribution is 7.93. The largest absolute Gasteiger partial charge is 0.228 e. The molecule has 2 aliphatic heterocycles. The van der Waals surface area contributed by atoms with Crippen LogP contribution < -0.4 is 0 Å². The molecule has 0 aromatic heterocycles. The molecule has 0 saturated carbocycles. The fraction of sp³-hybridized carbons (Fsp3) is 0.600. The third-order valence-electron chi connectivity index (χ3n) is 5.38. The molecule has 1 aromatic carbocycles. The SMILES string of the molecule is CCCCCCc1ccc(C2=CC3CCCC(C2)S3(=O)=O)cc1. The summed E-state index contributed by atoms with van der Waals surface area (Å²) >= 11 is 0. The number of rotatable bonds is 6. The first-order valence-electron chi connectivity index (χ1n) is 9.14. The highest BCUT2D eigenvalue weighted by atomic mass is 32.2. The van der Waals surface area contributed by atoms with Gasteiger partial charge in [0.1, 0.15) is 0 Å². The number of hydrogen-bond acceptors (Lipinski definition) is 2. The van der Waals surface area contributed by atoms with Crippen LogP contribution in [0.15, 0.2) is 30.3 Å². The lowest BCUT2D eigenvalue weighted by Crippen LogP contribution is -2.38. The van der Waals surface area contributed by atoms with E-state index in [1.54, 1.807) is 0 Å². The Bertz CT molecular complexity index is 655. The molecule has 126 valence electrons. The van der Waals surface area contributed by atoms with E-state index in [0.717, 1.165) is 25.7 Å². The van der Waals surface area contributed by atoms with Crippen LogP contribution in [0.1, 0.15) is 69.4 Å². The molecule has 0 amide bonds. The van der Waals surface area contributed by atoms with Gasteiger partial charge in [-0.05, 0) is 48.8 Å². The van der Waals surface area contributed by atoms with E-state index >= 15 is 0 Å². The molecule has 2 nitrogen and oxygen atoms in total. The van der Waals surface area contributed by atoms with Crippen molar-refractivity contribution in [1.82, 2.24) is 0 Å². The second-order valence-corrected chi connectivity index (χ2v) is 9.53. The number of fused-ring (bicyclic) bond motifs is 2. The molecule has 2 atom stereocenters. The van der Waals surface area contributed by atoms with Crippen molar-refractivity contribution in [2.75, 3.05) is 0 Å². The zero-order chi connectivity index (χ0) is 16.3. The van der Waals surface area contributed by atoms with Crippen molar-refractivity contribution in [3.05, 3.63) is 41.5 Å². The van der Waals surface area contributed by atoms with Crippen molar-refractivity contribution < 1.29 is 8.42 Å². The smallest absolute Gasteiger partial charge is 0.159 e. The van der Waals surface area contributed by atoms with Gasteiger partial charge in [-0.15, -0.1) is 0 Å². The summed E-state index contributed by atoms with van der Waals surface area (Å²) in [6, 6.07) is 8.82. The van der Waals surface area contributed by atoms with E-state index in [9.17, 15) is 8.42 Å². The molecule has 0 spiro atoms. The van der Waals surface area contributed by atoms with Crippen molar-refractivity contribution in [3.63, 3.8) is 0 Å². The van der Waals surface area contributed by atoms with E-state index in [0.29, 0.717) is 6.42 Å². The molecule has 3 heteroatoms. The van der Waals surface area contributed by atoms with Crippen LogP contribution in [0.5, 0.6) is 0 Å². The first-order chi connectivity index (χ1) is 11.1. The second-order valence-electron chi connectivity index (χ2n) is 7.08. The van der Waals surface area contributed by atoms with E-state index in [2.05, 4.69) is 31.2 Å². The maximum absolute atomic E-state index is 12.4. The Morgan fingerprint density at radius 1 is 1.04 bits per heavy atom. The number of hydrogen-bond donors (Lipinski definition) is 0. The first-order valence-corrected chi connectivity index (χ1v) is 10.7. The molecule has 1 aromatic rings. The summed E-state index contributed by atoms with van der Waals surface area (Å²) in [6.45, 7) is 2.24. The number of benzene rings is 1. The van der Waals surface area contributed by atoms with Crippen molar-refractivity contribution >= 4 is 15.4 Å². The Balaban J connectivity index is 1.69. The van der Waals surface area contributed by atoms with E-state index in [-0.39, 0.29) is 10.5 Å². The normalized spacial score (nSPS) is 25.9. The molecule has 2 aliphatic rings. The van der Waals surface area contributed by atoms with Crippen LogP contribution >= 0.6 is 0 Å². The molecule has 3 rings (SSSR count). The van der Waals surface area contributed by atoms with Gasteiger partial charge in [-0.2, -0.15) is 0 Å². The molecule has 0 N–H and O–H groups in total. The lowest BCUT2D eigenvalue weighted by Gasteiger charge is -2.33. The van der Waals surface area contributed by atoms with Gasteiger partial charge in [0.15, 0.2) is 9.84 Å². The molecule has 2 heterocycles. The van der Waals surface area contributed by atoms with Gasteiger partial charge in [-0.1, -0.05) is 62.9 Å². The van der Waals surface area contributed by atoms with Crippen LogP contribution in [0.25, 0.3) is 5.57 Å². The molecule has 1 fully saturated rings. The molecule has 0 radical (unpaired) electrons. The van der Waals surface area contributed by atoms with Gasteiger partial charge in [0.2, 0.25) is 0 Å². The summed E-state index contributed by atoms with van der Waals surface area (Å²) in [5.41, 5.74) is 3.86. The summed E-state index contributed by atoms with van der Waals surface area (Å²) in [4.78, 5) is 0. The lowest BCUT2D eigenvalue weighted by atomic mass is 9.92. The minimum atomic E-state index is -2.91. The van der Waals surface area contributed by atoms with Gasteiger partial charge >= 0.3 is 0 Å². The van der Waals surface area contributed by atoms with E-state index < -0.39 is 9.84 Å². The van der Waals surface area contributed by atoms with Gasteiger partial charge in [-0.3, -0.25) is 0 Å². The number of aryl methyl sites for hydroxylation is 1. The Labute approximate surface area is 140 Å². The highest BCUT2D eigenvalue weighted by Crippen LogP contribution is 2.39. The first kappa shape index (κ1) is 16.8. The van der Waals surface area contributed by atoms with Gasteiger partial charge in [0.05, 0.1) is 10.5 Å². The van der Waals surface area contributed by atoms with Crippen LogP contribution in [0.3, 0.4) is 0 Å². The van der Waals surface area contributed by atoms with E-state index in [4.69, 9.17) is 0 Å². The average Bonchev–Trinajstić information content (AvgIpc) is 2.51. The summed E-state index contributed by atoms with van der Waals surface area (Å²) < 4.78 is 24.7. The third kappa shape index (κ3) is 3.71. The number of sulfone groups is 1. The Kier molecular flexibility index (Phi) is 5.25. The molecule has 1 saturated heterocycles. The maximum atomic E-state index is 12.4. The quantitative estimate of drug-likeness (QED) is 0.692. The maximum Gasteiger partial charge on any atom is 0.159 e. The number of allylic oxidation sites excluding steroid dienone is 1. The molecule has 2 bridgehead atoms. The van der Waals surface area contributed by atoms with Crippen molar-refractivity contribution in [3.8, 4) is 0 Å². The van der Waals surface area contributed by atoms with E-state index in [1.165, 1.54) is 42.4 Å². The molecule has 23 heavy (non-hydrogen) atoms. The molecular formula is C20H28O2S. The summed E-state index contributed by atoms with van der Waals surface area (Å²) in [5, 5.41) is -0.381. The Hall–Kier alpha value is -1.09. The minimum absolute atomic E-state index is 0.144. The Morgan fingerprint density at radius 3 is 2.52 bits per heavy atom. The monoisotopic (exact) mass is 332 g/mol. The van der Waals surface area contributed by atoms with Gasteiger partial charge < -0.3 is 0 Å². The van der Waals surface area contributed by atoms with Crippen LogP contribution in [-0.4, -0.2) is 18.9 Å². The Morgan fingerprint density at radius 2 is 1.83 bits per heavy atom. The predicted octanol–water partition coefficient (Wildman–Crippen LogP) is 4.93. The lowest BCUT2D eigenvalue weighted by molar-refractivity contribution is 0.518. The predicted molar refractivity (Wildman–Crippen MR) is 97.2 cm³/mol. The molecular weight excluding hydrogens is 304 g/mol. The van der Waals surface area contributed by atoms with Gasteiger partial charge in [0, 0.05) is 0 Å². The van der Waals surface area contributed by atoms with Crippen LogP contribution in [0.2, 0.25) is 0 Å². The summed E-state index contributed by atoms with van der Waals surface area (Å²) in [6.07, 6.45) is 11.7. The second kappa shape index (κ2) is 7.21. The third-order valence-corrected chi connectivity index (χ3v) is 7.93. The fourth-order valence-electron chi connectivity index (χ4n) is 3.91. The van der Waals surface area contributed by atoms with Crippen LogP contribution in [0.4, 0.5) is 0 Å². The standard InChI is InChI=1S/C20H28O2S/c1-2-3-4-5-7-16-10-12-17(13-11-16)18-14-19-8-6-9-20(15-18)23(19,21)22/h10-14,19-20H,2-9,15H2,1H3. The summed E-state index contributed by atoms with van der Waals surface area (Å²) in [7, 11) is -2.91. The van der Waals surface area contributed by atoms with E-state index in [1.807, 2.05) is 6.08 Å². The van der Waals surface area contributed by atoms with Crippen molar-refractivity contribution in [1.29, 1.82) is 0 Å². The average molecular weight is 333 g/mol. The zero-order valence-electron chi connectivity index (χ0n) is 14.1. The molecule has 2 unspecified atom stereocenters. The highest BCUT2D eigenvalue weighted by Gasteiger charge is 2.40. The van der Waals surface area contributed by atoms with Crippen LogP contribution in [0, 0.1) is 0 Å². The van der Waals surface area contributed by atoms with Gasteiger partial charge in [0.25, 0.3) is 0 Å². The van der Waals surface area contributed by atoms with Gasteiger partial charge in [-0.25, -0.2) is 8.42 Å². The summed E-state index contributed by atoms with van der Waals surface area (Å²) in [5.74, 6) is 0. The van der Waals surface area contributed by atoms with Crippen LogP contribution in [-0.2, 0) is 16.3 Å².